The Balaban J connectivity index is 2.52. The summed E-state index contributed by atoms with van der Waals surface area (Å²) in [7, 11) is 3.79. The zero-order valence-corrected chi connectivity index (χ0v) is 13.6. The lowest BCUT2D eigenvalue weighted by Crippen LogP contribution is -2.32. The number of benzene rings is 1. The lowest BCUT2D eigenvalue weighted by atomic mass is 10.2. The number of hydrogen-bond donors (Lipinski definition) is 2. The molecule has 0 fully saturated rings. The SMILES string of the molecule is CCC(C)N(C)CCN=C(N)Nc1ccccc1COC. The summed E-state index contributed by atoms with van der Waals surface area (Å²) in [6.45, 7) is 6.54. The topological polar surface area (TPSA) is 62.9 Å². The van der Waals surface area contributed by atoms with Crippen LogP contribution < -0.4 is 11.1 Å². The third kappa shape index (κ3) is 6.14. The Labute approximate surface area is 128 Å². The molecule has 0 amide bonds. The average molecular weight is 292 g/mol. The number of nitrogens with zero attached hydrogens (tertiary/aromatic N) is 2. The summed E-state index contributed by atoms with van der Waals surface area (Å²) in [6, 6.07) is 8.49. The van der Waals surface area contributed by atoms with E-state index in [0.29, 0.717) is 25.2 Å². The second-order valence-corrected chi connectivity index (χ2v) is 5.22. The lowest BCUT2D eigenvalue weighted by Gasteiger charge is -2.22. The molecule has 0 radical (unpaired) electrons. The van der Waals surface area contributed by atoms with Gasteiger partial charge in [-0.2, -0.15) is 0 Å². The first kappa shape index (κ1) is 17.5. The molecule has 1 aromatic carbocycles. The molecule has 0 aliphatic carbocycles. The number of rotatable bonds is 8. The summed E-state index contributed by atoms with van der Waals surface area (Å²) in [5.41, 5.74) is 7.95. The van der Waals surface area contributed by atoms with Gasteiger partial charge >= 0.3 is 0 Å². The van der Waals surface area contributed by atoms with Crippen molar-refractivity contribution < 1.29 is 4.74 Å². The molecule has 0 saturated heterocycles. The minimum absolute atomic E-state index is 0.441. The molecule has 5 heteroatoms. The second-order valence-electron chi connectivity index (χ2n) is 5.22. The van der Waals surface area contributed by atoms with Crippen molar-refractivity contribution in [2.75, 3.05) is 32.6 Å². The van der Waals surface area contributed by atoms with Gasteiger partial charge < -0.3 is 20.7 Å². The van der Waals surface area contributed by atoms with Gasteiger partial charge in [-0.1, -0.05) is 25.1 Å². The predicted octanol–water partition coefficient (Wildman–Crippen LogP) is 2.29. The number of guanidine groups is 1. The number of nitrogens with one attached hydrogen (secondary N) is 1. The highest BCUT2D eigenvalue weighted by Crippen LogP contribution is 2.15. The zero-order valence-electron chi connectivity index (χ0n) is 13.6. The van der Waals surface area contributed by atoms with Crippen LogP contribution in [0.5, 0.6) is 0 Å². The van der Waals surface area contributed by atoms with Gasteiger partial charge in [-0.05, 0) is 26.5 Å². The molecule has 0 aliphatic heterocycles. The zero-order chi connectivity index (χ0) is 15.7. The first-order valence-electron chi connectivity index (χ1n) is 7.42. The maximum Gasteiger partial charge on any atom is 0.193 e. The number of likely N-dealkylation sites (N-methyl/N-ethyl adjacent to an activating group) is 1. The number of nitrogens with two attached hydrogens (primary N) is 1. The number of methoxy groups -OCH3 is 1. The predicted molar refractivity (Wildman–Crippen MR) is 89.7 cm³/mol. The van der Waals surface area contributed by atoms with Crippen LogP contribution in [0, 0.1) is 0 Å². The van der Waals surface area contributed by atoms with Gasteiger partial charge in [0.2, 0.25) is 0 Å². The Bertz CT molecular complexity index is 448. The van der Waals surface area contributed by atoms with Gasteiger partial charge in [0.05, 0.1) is 13.2 Å². The lowest BCUT2D eigenvalue weighted by molar-refractivity contribution is 0.185. The van der Waals surface area contributed by atoms with Gasteiger partial charge in [0, 0.05) is 30.9 Å². The van der Waals surface area contributed by atoms with Crippen LogP contribution in [0.2, 0.25) is 0 Å². The van der Waals surface area contributed by atoms with E-state index in [1.54, 1.807) is 7.11 Å². The van der Waals surface area contributed by atoms with Crippen molar-refractivity contribution in [1.29, 1.82) is 0 Å². The van der Waals surface area contributed by atoms with Crippen LogP contribution in [-0.4, -0.2) is 44.1 Å². The van der Waals surface area contributed by atoms with E-state index < -0.39 is 0 Å². The highest BCUT2D eigenvalue weighted by Gasteiger charge is 2.06. The van der Waals surface area contributed by atoms with Crippen molar-refractivity contribution in [2.45, 2.75) is 32.9 Å². The Morgan fingerprint density at radius 1 is 1.43 bits per heavy atom. The molecule has 0 bridgehead atoms. The molecule has 3 N–H and O–H groups in total. The second kappa shape index (κ2) is 9.37. The molecule has 0 aromatic heterocycles. The Morgan fingerprint density at radius 3 is 2.81 bits per heavy atom. The quantitative estimate of drug-likeness (QED) is 0.570. The van der Waals surface area contributed by atoms with Gasteiger partial charge in [-0.15, -0.1) is 0 Å². The fraction of sp³-hybridized carbons (Fsp3) is 0.562. The van der Waals surface area contributed by atoms with Crippen LogP contribution in [0.1, 0.15) is 25.8 Å². The molecule has 5 nitrogen and oxygen atoms in total. The van der Waals surface area contributed by atoms with E-state index in [-0.39, 0.29) is 0 Å². The highest BCUT2D eigenvalue weighted by molar-refractivity contribution is 5.92. The normalized spacial score (nSPS) is 13.5. The van der Waals surface area contributed by atoms with Gasteiger partial charge in [-0.3, -0.25) is 4.99 Å². The number of anilines is 1. The summed E-state index contributed by atoms with van der Waals surface area (Å²) in [4.78, 5) is 6.67. The van der Waals surface area contributed by atoms with E-state index in [9.17, 15) is 0 Å². The summed E-state index contributed by atoms with van der Waals surface area (Å²) in [5.74, 6) is 0.441. The summed E-state index contributed by atoms with van der Waals surface area (Å²) in [5, 5.41) is 3.14. The van der Waals surface area contributed by atoms with E-state index in [0.717, 1.165) is 24.2 Å². The summed E-state index contributed by atoms with van der Waals surface area (Å²) in [6.07, 6.45) is 1.14. The highest BCUT2D eigenvalue weighted by atomic mass is 16.5. The molecule has 1 rings (SSSR count). The first-order valence-corrected chi connectivity index (χ1v) is 7.42. The van der Waals surface area contributed by atoms with Crippen LogP contribution in [-0.2, 0) is 11.3 Å². The third-order valence-corrected chi connectivity index (χ3v) is 3.66. The Hall–Kier alpha value is -1.59. The third-order valence-electron chi connectivity index (χ3n) is 3.66. The van der Waals surface area contributed by atoms with Crippen molar-refractivity contribution >= 4 is 11.6 Å². The average Bonchev–Trinajstić information content (AvgIpc) is 2.48. The van der Waals surface area contributed by atoms with Gasteiger partial charge in [0.15, 0.2) is 5.96 Å². The van der Waals surface area contributed by atoms with Crippen LogP contribution in [0.4, 0.5) is 5.69 Å². The van der Waals surface area contributed by atoms with E-state index in [4.69, 9.17) is 10.5 Å². The fourth-order valence-corrected chi connectivity index (χ4v) is 1.96. The molecule has 1 unspecified atom stereocenters. The van der Waals surface area contributed by atoms with Crippen LogP contribution in [0.3, 0.4) is 0 Å². The number of ether oxygens (including phenoxy) is 1. The fourth-order valence-electron chi connectivity index (χ4n) is 1.96. The van der Waals surface area contributed by atoms with Gasteiger partial charge in [-0.25, -0.2) is 0 Å². The van der Waals surface area contributed by atoms with E-state index in [1.807, 2.05) is 24.3 Å². The molecule has 1 atom stereocenters. The summed E-state index contributed by atoms with van der Waals surface area (Å²) < 4.78 is 5.17. The van der Waals surface area contributed by atoms with Crippen LogP contribution >= 0.6 is 0 Å². The van der Waals surface area contributed by atoms with Gasteiger partial charge in [0.1, 0.15) is 0 Å². The Morgan fingerprint density at radius 2 is 2.14 bits per heavy atom. The molecular weight excluding hydrogens is 264 g/mol. The Kier molecular flexibility index (Phi) is 7.79. The van der Waals surface area contributed by atoms with Crippen molar-refractivity contribution in [3.8, 4) is 0 Å². The van der Waals surface area contributed by atoms with Crippen molar-refractivity contribution in [3.05, 3.63) is 29.8 Å². The van der Waals surface area contributed by atoms with Crippen molar-refractivity contribution in [3.63, 3.8) is 0 Å². The van der Waals surface area contributed by atoms with E-state index >= 15 is 0 Å². The molecule has 0 saturated carbocycles. The van der Waals surface area contributed by atoms with E-state index in [2.05, 4.69) is 36.1 Å². The minimum atomic E-state index is 0.441. The van der Waals surface area contributed by atoms with Crippen molar-refractivity contribution in [1.82, 2.24) is 4.90 Å². The molecule has 0 spiro atoms. The number of para-hydroxylation sites is 1. The first-order chi connectivity index (χ1) is 10.1. The summed E-state index contributed by atoms with van der Waals surface area (Å²) >= 11 is 0. The number of hydrogen-bond acceptors (Lipinski definition) is 3. The standard InChI is InChI=1S/C16H28N4O/c1-5-13(2)20(3)11-10-18-16(17)19-15-9-7-6-8-14(15)12-21-4/h6-9,13H,5,10-12H2,1-4H3,(H3,17,18,19). The molecule has 0 heterocycles. The maximum absolute atomic E-state index is 5.95. The molecular formula is C16H28N4O. The van der Waals surface area contributed by atoms with Crippen molar-refractivity contribution in [2.24, 2.45) is 10.7 Å². The maximum atomic E-state index is 5.95. The molecule has 1 aromatic rings. The van der Waals surface area contributed by atoms with Gasteiger partial charge in [0.25, 0.3) is 0 Å². The van der Waals surface area contributed by atoms with Crippen LogP contribution in [0.15, 0.2) is 29.3 Å². The van der Waals surface area contributed by atoms with E-state index in [1.165, 1.54) is 0 Å². The number of aliphatic imine (C=N–C) groups is 1. The minimum Gasteiger partial charge on any atom is -0.380 e. The smallest absolute Gasteiger partial charge is 0.193 e. The van der Waals surface area contributed by atoms with Crippen LogP contribution in [0.25, 0.3) is 0 Å². The molecule has 118 valence electrons. The molecule has 0 aliphatic rings. The monoisotopic (exact) mass is 292 g/mol. The molecule has 21 heavy (non-hydrogen) atoms. The largest absolute Gasteiger partial charge is 0.380 e.